The highest BCUT2D eigenvalue weighted by Crippen LogP contribution is 2.38. The highest BCUT2D eigenvalue weighted by Gasteiger charge is 2.18. The summed E-state index contributed by atoms with van der Waals surface area (Å²) in [5, 5.41) is 0.826. The monoisotopic (exact) mass is 350 g/mol. The molecular weight excluding hydrogens is 332 g/mol. The van der Waals surface area contributed by atoms with Crippen LogP contribution in [0.5, 0.6) is 0 Å². The topological polar surface area (TPSA) is 0 Å². The lowest BCUT2D eigenvalue weighted by Crippen LogP contribution is -2.03. The van der Waals surface area contributed by atoms with Crippen LogP contribution in [0.2, 0.25) is 5.02 Å². The second-order valence-electron chi connectivity index (χ2n) is 5.55. The van der Waals surface area contributed by atoms with Crippen molar-refractivity contribution in [1.29, 1.82) is 0 Å². The molecule has 2 aromatic carbocycles. The van der Waals surface area contributed by atoms with Crippen LogP contribution >= 0.6 is 27.5 Å². The summed E-state index contributed by atoms with van der Waals surface area (Å²) in [5.74, 6) is 0. The van der Waals surface area contributed by atoms with Crippen LogP contribution in [0.3, 0.4) is 0 Å². The van der Waals surface area contributed by atoms with E-state index in [1.807, 2.05) is 6.92 Å². The Morgan fingerprint density at radius 1 is 0.850 bits per heavy atom. The van der Waals surface area contributed by atoms with Gasteiger partial charge in [0.1, 0.15) is 0 Å². The summed E-state index contributed by atoms with van der Waals surface area (Å²) in [7, 11) is 0. The quantitative estimate of drug-likeness (QED) is 0.552. The molecule has 20 heavy (non-hydrogen) atoms. The van der Waals surface area contributed by atoms with E-state index in [0.717, 1.165) is 10.6 Å². The summed E-state index contributed by atoms with van der Waals surface area (Å²) in [6.45, 7) is 10.8. The molecule has 0 aromatic heterocycles. The highest BCUT2D eigenvalue weighted by molar-refractivity contribution is 9.09. The molecule has 0 radical (unpaired) electrons. The van der Waals surface area contributed by atoms with E-state index >= 15 is 0 Å². The molecule has 2 aromatic rings. The average Bonchev–Trinajstić information content (AvgIpc) is 2.40. The molecule has 1 atom stereocenters. The van der Waals surface area contributed by atoms with E-state index in [1.165, 1.54) is 33.4 Å². The van der Waals surface area contributed by atoms with E-state index in [9.17, 15) is 0 Å². The van der Waals surface area contributed by atoms with Crippen molar-refractivity contribution in [2.45, 2.75) is 39.4 Å². The summed E-state index contributed by atoms with van der Waals surface area (Å²) in [6.07, 6.45) is 0. The molecule has 0 saturated carbocycles. The van der Waals surface area contributed by atoms with Gasteiger partial charge in [0.05, 0.1) is 4.83 Å². The van der Waals surface area contributed by atoms with Gasteiger partial charge in [0.15, 0.2) is 0 Å². The van der Waals surface area contributed by atoms with Crippen molar-refractivity contribution in [2.24, 2.45) is 0 Å². The van der Waals surface area contributed by atoms with E-state index in [4.69, 9.17) is 11.6 Å². The van der Waals surface area contributed by atoms with Gasteiger partial charge in [0, 0.05) is 5.02 Å². The van der Waals surface area contributed by atoms with Gasteiger partial charge in [-0.15, -0.1) is 0 Å². The maximum absolute atomic E-state index is 6.27. The van der Waals surface area contributed by atoms with E-state index in [-0.39, 0.29) is 4.83 Å². The summed E-state index contributed by atoms with van der Waals surface area (Å²) in [6, 6.07) is 8.55. The molecule has 0 aliphatic heterocycles. The first-order chi connectivity index (χ1) is 9.32. The molecule has 0 N–H and O–H groups in total. The molecule has 1 unspecified atom stereocenters. The van der Waals surface area contributed by atoms with Crippen molar-refractivity contribution in [3.63, 3.8) is 0 Å². The zero-order chi connectivity index (χ0) is 15.0. The van der Waals surface area contributed by atoms with E-state index in [1.54, 1.807) is 0 Å². The standard InChI is InChI=1S/C18H20BrCl/c1-10-6-7-15(9-16(10)20)18(19)17-13(4)11(2)8-12(3)14(17)5/h6-9,18H,1-5H3. The van der Waals surface area contributed by atoms with E-state index < -0.39 is 0 Å². The maximum atomic E-state index is 6.27. The van der Waals surface area contributed by atoms with Crippen LogP contribution in [0.15, 0.2) is 24.3 Å². The molecule has 0 fully saturated rings. The van der Waals surface area contributed by atoms with Crippen molar-refractivity contribution in [3.05, 3.63) is 68.2 Å². The first kappa shape index (κ1) is 15.6. The Morgan fingerprint density at radius 3 is 1.90 bits per heavy atom. The Bertz CT molecular complexity index is 633. The van der Waals surface area contributed by atoms with Crippen LogP contribution in [0.25, 0.3) is 0 Å². The summed E-state index contributed by atoms with van der Waals surface area (Å²) in [4.78, 5) is 0.180. The number of alkyl halides is 1. The number of halogens is 2. The third-order valence-corrected chi connectivity index (χ3v) is 5.56. The van der Waals surface area contributed by atoms with Gasteiger partial charge < -0.3 is 0 Å². The second kappa shape index (κ2) is 5.91. The number of hydrogen-bond donors (Lipinski definition) is 0. The van der Waals surface area contributed by atoms with Crippen LogP contribution in [-0.2, 0) is 0 Å². The van der Waals surface area contributed by atoms with Gasteiger partial charge in [0.25, 0.3) is 0 Å². The zero-order valence-corrected chi connectivity index (χ0v) is 15.0. The molecule has 2 heteroatoms. The van der Waals surface area contributed by atoms with E-state index in [2.05, 4.69) is 67.9 Å². The van der Waals surface area contributed by atoms with Crippen molar-refractivity contribution < 1.29 is 0 Å². The number of aryl methyl sites for hydroxylation is 3. The number of benzene rings is 2. The van der Waals surface area contributed by atoms with Gasteiger partial charge in [0.2, 0.25) is 0 Å². The van der Waals surface area contributed by atoms with Crippen LogP contribution in [0.1, 0.15) is 43.8 Å². The van der Waals surface area contributed by atoms with Gasteiger partial charge in [-0.2, -0.15) is 0 Å². The normalized spacial score (nSPS) is 12.6. The Balaban J connectivity index is 2.58. The largest absolute Gasteiger partial charge is 0.0840 e. The molecule has 0 aliphatic rings. The minimum Gasteiger partial charge on any atom is -0.0840 e. The van der Waals surface area contributed by atoms with Crippen LogP contribution in [0.4, 0.5) is 0 Å². The molecule has 106 valence electrons. The molecule has 0 heterocycles. The fourth-order valence-electron chi connectivity index (χ4n) is 2.56. The van der Waals surface area contributed by atoms with Gasteiger partial charge in [-0.3, -0.25) is 0 Å². The van der Waals surface area contributed by atoms with Crippen molar-refractivity contribution in [2.75, 3.05) is 0 Å². The van der Waals surface area contributed by atoms with Gasteiger partial charge in [-0.25, -0.2) is 0 Å². The second-order valence-corrected chi connectivity index (χ2v) is 6.87. The smallest absolute Gasteiger partial charge is 0.0650 e. The lowest BCUT2D eigenvalue weighted by molar-refractivity contribution is 1.07. The third-order valence-electron chi connectivity index (χ3n) is 4.17. The minimum absolute atomic E-state index is 0.180. The highest BCUT2D eigenvalue weighted by atomic mass is 79.9. The van der Waals surface area contributed by atoms with Gasteiger partial charge in [-0.05, 0) is 79.6 Å². The van der Waals surface area contributed by atoms with Gasteiger partial charge >= 0.3 is 0 Å². The zero-order valence-electron chi connectivity index (χ0n) is 12.6. The van der Waals surface area contributed by atoms with Crippen molar-refractivity contribution >= 4 is 27.5 Å². The fourth-order valence-corrected chi connectivity index (χ4v) is 3.72. The Labute approximate surface area is 135 Å². The average molecular weight is 352 g/mol. The molecule has 2 rings (SSSR count). The van der Waals surface area contributed by atoms with Crippen LogP contribution < -0.4 is 0 Å². The molecule has 0 spiro atoms. The molecule has 0 aliphatic carbocycles. The van der Waals surface area contributed by atoms with E-state index in [0.29, 0.717) is 0 Å². The predicted molar refractivity (Wildman–Crippen MR) is 92.3 cm³/mol. The minimum atomic E-state index is 0.180. The third kappa shape index (κ3) is 2.80. The van der Waals surface area contributed by atoms with Crippen molar-refractivity contribution in [1.82, 2.24) is 0 Å². The summed E-state index contributed by atoms with van der Waals surface area (Å²) in [5.41, 5.74) is 9.07. The first-order valence-corrected chi connectivity index (χ1v) is 8.09. The SMILES string of the molecule is Cc1ccc(C(Br)c2c(C)c(C)cc(C)c2C)cc1Cl. The summed E-state index contributed by atoms with van der Waals surface area (Å²) < 4.78 is 0. The number of rotatable bonds is 2. The Hall–Kier alpha value is -0.790. The lowest BCUT2D eigenvalue weighted by atomic mass is 9.90. The number of hydrogen-bond acceptors (Lipinski definition) is 0. The lowest BCUT2D eigenvalue weighted by Gasteiger charge is -2.20. The van der Waals surface area contributed by atoms with Crippen molar-refractivity contribution in [3.8, 4) is 0 Å². The molecular formula is C18H20BrCl. The fraction of sp³-hybridized carbons (Fsp3) is 0.333. The molecule has 0 amide bonds. The summed E-state index contributed by atoms with van der Waals surface area (Å²) >= 11 is 10.1. The maximum Gasteiger partial charge on any atom is 0.0650 e. The predicted octanol–water partition coefficient (Wildman–Crippen LogP) is 6.37. The molecule has 0 saturated heterocycles. The first-order valence-electron chi connectivity index (χ1n) is 6.80. The van der Waals surface area contributed by atoms with Gasteiger partial charge in [-0.1, -0.05) is 45.7 Å². The van der Waals surface area contributed by atoms with Crippen LogP contribution in [0, 0.1) is 34.6 Å². The Kier molecular flexibility index (Phi) is 4.61. The Morgan fingerprint density at radius 2 is 1.40 bits per heavy atom. The van der Waals surface area contributed by atoms with Crippen LogP contribution in [-0.4, -0.2) is 0 Å². The molecule has 0 nitrogen and oxygen atoms in total. The molecule has 0 bridgehead atoms.